The van der Waals surface area contributed by atoms with Gasteiger partial charge in [0.05, 0.1) is 18.0 Å². The first-order chi connectivity index (χ1) is 10.1. The molecule has 0 N–H and O–H groups in total. The lowest BCUT2D eigenvalue weighted by atomic mass is 10.3. The fourth-order valence-corrected chi connectivity index (χ4v) is 3.77. The van der Waals surface area contributed by atoms with E-state index in [1.54, 1.807) is 30.5 Å². The van der Waals surface area contributed by atoms with E-state index < -0.39 is 10.0 Å². The Bertz CT molecular complexity index is 722. The molecule has 0 unspecified atom stereocenters. The fourth-order valence-electron chi connectivity index (χ4n) is 2.38. The summed E-state index contributed by atoms with van der Waals surface area (Å²) in [6.07, 6.45) is 3.57. The molecule has 7 heteroatoms. The van der Waals surface area contributed by atoms with Crippen molar-refractivity contribution in [1.82, 2.24) is 13.9 Å². The Balaban J connectivity index is 1.84. The number of hydrogen-bond donors (Lipinski definition) is 0. The highest BCUT2D eigenvalue weighted by Gasteiger charge is 2.28. The first kappa shape index (κ1) is 14.1. The Kier molecular flexibility index (Phi) is 3.69. The van der Waals surface area contributed by atoms with Gasteiger partial charge in [-0.3, -0.25) is 0 Å². The molecule has 0 aliphatic carbocycles. The van der Waals surface area contributed by atoms with Gasteiger partial charge in [0.25, 0.3) is 0 Å². The quantitative estimate of drug-likeness (QED) is 0.858. The molecule has 0 saturated heterocycles. The van der Waals surface area contributed by atoms with Crippen LogP contribution in [0, 0.1) is 0 Å². The van der Waals surface area contributed by atoms with Crippen LogP contribution < -0.4 is 4.74 Å². The second-order valence-corrected chi connectivity index (χ2v) is 6.72. The minimum atomic E-state index is -3.49. The number of ether oxygens (including phenoxy) is 1. The lowest BCUT2D eigenvalue weighted by Gasteiger charge is -2.27. The zero-order valence-corrected chi connectivity index (χ0v) is 12.6. The van der Waals surface area contributed by atoms with Gasteiger partial charge in [0.1, 0.15) is 11.6 Å². The highest BCUT2D eigenvalue weighted by Crippen LogP contribution is 2.23. The number of fused-ring (bicyclic) bond motifs is 1. The van der Waals surface area contributed by atoms with Gasteiger partial charge in [0, 0.05) is 25.5 Å². The lowest BCUT2D eigenvalue weighted by molar-refractivity contribution is 0.334. The van der Waals surface area contributed by atoms with Crippen LogP contribution in [0.3, 0.4) is 0 Å². The Hall–Kier alpha value is -1.86. The van der Waals surface area contributed by atoms with Crippen LogP contribution in [0.25, 0.3) is 0 Å². The summed E-state index contributed by atoms with van der Waals surface area (Å²) in [5.74, 6) is 1.45. The molecule has 0 saturated carbocycles. The third-order valence-electron chi connectivity index (χ3n) is 3.48. The first-order valence-corrected chi connectivity index (χ1v) is 8.28. The zero-order valence-electron chi connectivity index (χ0n) is 11.8. The molecule has 0 bridgehead atoms. The van der Waals surface area contributed by atoms with E-state index in [9.17, 15) is 8.42 Å². The van der Waals surface area contributed by atoms with Crippen molar-refractivity contribution in [1.29, 1.82) is 0 Å². The number of benzene rings is 1. The van der Waals surface area contributed by atoms with E-state index >= 15 is 0 Å². The first-order valence-electron chi connectivity index (χ1n) is 6.84. The summed E-state index contributed by atoms with van der Waals surface area (Å²) in [4.78, 5) is 4.47. The number of aromatic nitrogens is 2. The number of rotatable bonds is 4. The predicted octanol–water partition coefficient (Wildman–Crippen LogP) is 1.49. The standard InChI is InChI=1S/C14H17N3O3S/c1-2-20-12-3-5-13(6-4-12)21(18,19)17-10-9-16-8-7-15-14(16)11-17/h3-8H,2,9-11H2,1H3. The third kappa shape index (κ3) is 2.66. The van der Waals surface area contributed by atoms with Gasteiger partial charge in [-0.15, -0.1) is 0 Å². The van der Waals surface area contributed by atoms with E-state index in [-0.39, 0.29) is 4.90 Å². The van der Waals surface area contributed by atoms with Crippen LogP contribution in [0.1, 0.15) is 12.7 Å². The zero-order chi connectivity index (χ0) is 14.9. The average molecular weight is 307 g/mol. The van der Waals surface area contributed by atoms with E-state index in [2.05, 4.69) is 4.98 Å². The van der Waals surface area contributed by atoms with Crippen LogP contribution in [0.15, 0.2) is 41.6 Å². The molecule has 0 fully saturated rings. The van der Waals surface area contributed by atoms with Crippen LogP contribution in [0.2, 0.25) is 0 Å². The van der Waals surface area contributed by atoms with Gasteiger partial charge in [-0.05, 0) is 31.2 Å². The van der Waals surface area contributed by atoms with Crippen molar-refractivity contribution in [3.8, 4) is 5.75 Å². The molecular weight excluding hydrogens is 290 g/mol. The Morgan fingerprint density at radius 1 is 1.24 bits per heavy atom. The normalized spacial score (nSPS) is 15.7. The van der Waals surface area contributed by atoms with E-state index in [1.807, 2.05) is 17.7 Å². The summed E-state index contributed by atoms with van der Waals surface area (Å²) in [6, 6.07) is 6.53. The summed E-state index contributed by atoms with van der Waals surface area (Å²) in [7, 11) is -3.49. The molecule has 1 aliphatic rings. The van der Waals surface area contributed by atoms with E-state index in [0.717, 1.165) is 5.82 Å². The van der Waals surface area contributed by atoms with Gasteiger partial charge < -0.3 is 9.30 Å². The monoisotopic (exact) mass is 307 g/mol. The topological polar surface area (TPSA) is 64.4 Å². The van der Waals surface area contributed by atoms with Crippen molar-refractivity contribution in [2.75, 3.05) is 13.2 Å². The lowest BCUT2D eigenvalue weighted by Crippen LogP contribution is -2.38. The second kappa shape index (κ2) is 5.50. The SMILES string of the molecule is CCOc1ccc(S(=O)(=O)N2CCn3ccnc3C2)cc1. The maximum atomic E-state index is 12.6. The van der Waals surface area contributed by atoms with E-state index in [4.69, 9.17) is 4.74 Å². The molecule has 0 amide bonds. The summed E-state index contributed by atoms with van der Waals surface area (Å²) in [5.41, 5.74) is 0. The van der Waals surface area contributed by atoms with Crippen LogP contribution in [0.5, 0.6) is 5.75 Å². The van der Waals surface area contributed by atoms with Gasteiger partial charge in [-0.2, -0.15) is 4.31 Å². The number of sulfonamides is 1. The van der Waals surface area contributed by atoms with Crippen LogP contribution in [-0.4, -0.2) is 35.4 Å². The number of hydrogen-bond acceptors (Lipinski definition) is 4. The average Bonchev–Trinajstić information content (AvgIpc) is 2.95. The van der Waals surface area contributed by atoms with Gasteiger partial charge in [-0.1, -0.05) is 0 Å². The predicted molar refractivity (Wildman–Crippen MR) is 77.4 cm³/mol. The van der Waals surface area contributed by atoms with Crippen LogP contribution in [-0.2, 0) is 23.1 Å². The van der Waals surface area contributed by atoms with Crippen molar-refractivity contribution in [3.05, 3.63) is 42.5 Å². The van der Waals surface area contributed by atoms with E-state index in [0.29, 0.717) is 32.0 Å². The summed E-state index contributed by atoms with van der Waals surface area (Å²) in [6.45, 7) is 3.84. The molecule has 21 heavy (non-hydrogen) atoms. The van der Waals surface area contributed by atoms with Crippen molar-refractivity contribution < 1.29 is 13.2 Å². The smallest absolute Gasteiger partial charge is 0.243 e. The Labute approximate surface area is 124 Å². The highest BCUT2D eigenvalue weighted by molar-refractivity contribution is 7.89. The molecule has 0 radical (unpaired) electrons. The molecule has 0 atom stereocenters. The fraction of sp³-hybridized carbons (Fsp3) is 0.357. The number of imidazole rings is 1. The number of nitrogens with zero attached hydrogens (tertiary/aromatic N) is 3. The summed E-state index contributed by atoms with van der Waals surface area (Å²) >= 11 is 0. The van der Waals surface area contributed by atoms with Crippen molar-refractivity contribution in [2.24, 2.45) is 0 Å². The van der Waals surface area contributed by atoms with Crippen molar-refractivity contribution >= 4 is 10.0 Å². The van der Waals surface area contributed by atoms with Crippen LogP contribution in [0.4, 0.5) is 0 Å². The Morgan fingerprint density at radius 3 is 2.71 bits per heavy atom. The van der Waals surface area contributed by atoms with Gasteiger partial charge in [0.15, 0.2) is 0 Å². The van der Waals surface area contributed by atoms with Crippen LogP contribution >= 0.6 is 0 Å². The molecule has 3 rings (SSSR count). The summed E-state index contributed by atoms with van der Waals surface area (Å²) < 4.78 is 34.0. The maximum absolute atomic E-state index is 12.6. The molecular formula is C14H17N3O3S. The largest absolute Gasteiger partial charge is 0.494 e. The minimum Gasteiger partial charge on any atom is -0.494 e. The molecule has 1 aromatic carbocycles. The maximum Gasteiger partial charge on any atom is 0.243 e. The molecule has 112 valence electrons. The Morgan fingerprint density at radius 2 is 2.00 bits per heavy atom. The molecule has 1 aromatic heterocycles. The molecule has 2 heterocycles. The highest BCUT2D eigenvalue weighted by atomic mass is 32.2. The third-order valence-corrected chi connectivity index (χ3v) is 5.34. The molecule has 1 aliphatic heterocycles. The minimum absolute atomic E-state index is 0.283. The molecule has 2 aromatic rings. The molecule has 6 nitrogen and oxygen atoms in total. The molecule has 0 spiro atoms. The van der Waals surface area contributed by atoms with E-state index in [1.165, 1.54) is 4.31 Å². The van der Waals surface area contributed by atoms with Crippen molar-refractivity contribution in [2.45, 2.75) is 24.9 Å². The van der Waals surface area contributed by atoms with Crippen molar-refractivity contribution in [3.63, 3.8) is 0 Å². The summed E-state index contributed by atoms with van der Waals surface area (Å²) in [5, 5.41) is 0. The van der Waals surface area contributed by atoms with Gasteiger partial charge >= 0.3 is 0 Å². The van der Waals surface area contributed by atoms with Gasteiger partial charge in [0.2, 0.25) is 10.0 Å². The van der Waals surface area contributed by atoms with Gasteiger partial charge in [-0.25, -0.2) is 13.4 Å². The second-order valence-electron chi connectivity index (χ2n) is 4.78.